The molecule has 0 saturated heterocycles. The Morgan fingerprint density at radius 1 is 1.06 bits per heavy atom. The third kappa shape index (κ3) is 3.56. The van der Waals surface area contributed by atoms with Crippen molar-refractivity contribution in [3.63, 3.8) is 0 Å². The van der Waals surface area contributed by atoms with Crippen molar-refractivity contribution in [2.45, 2.75) is 18.7 Å². The Morgan fingerprint density at radius 2 is 1.81 bits per heavy atom. The van der Waals surface area contributed by atoms with Crippen molar-refractivity contribution in [3.8, 4) is 11.5 Å². The monoisotopic (exact) mass is 448 g/mol. The maximum absolute atomic E-state index is 11.8. The molecule has 3 aromatic carbocycles. The lowest BCUT2D eigenvalue weighted by atomic mass is 9.95. The molecule has 5 rings (SSSR count). The Bertz CT molecular complexity index is 1190. The van der Waals surface area contributed by atoms with Crippen LogP contribution in [0.15, 0.2) is 71.8 Å². The lowest BCUT2D eigenvalue weighted by molar-refractivity contribution is -0.0190. The Hall–Kier alpha value is -3.51. The van der Waals surface area contributed by atoms with Gasteiger partial charge in [0.15, 0.2) is 0 Å². The number of carbonyl (C=O) groups is 1. The number of benzene rings is 3. The van der Waals surface area contributed by atoms with Gasteiger partial charge in [0.05, 0.1) is 31.5 Å². The first kappa shape index (κ1) is 20.4. The molecule has 0 aromatic heterocycles. The minimum Gasteiger partial charge on any atom is -0.497 e. The summed E-state index contributed by atoms with van der Waals surface area (Å²) >= 11 is 6.30. The summed E-state index contributed by atoms with van der Waals surface area (Å²) in [5.41, 5.74) is 4.38. The van der Waals surface area contributed by atoms with Crippen LogP contribution in [0.3, 0.4) is 0 Å². The normalized spacial score (nSPS) is 18.8. The highest BCUT2D eigenvalue weighted by Gasteiger charge is 2.41. The van der Waals surface area contributed by atoms with Crippen LogP contribution >= 0.6 is 11.6 Å². The molecule has 6 nitrogen and oxygen atoms in total. The smallest absolute Gasteiger partial charge is 0.337 e. The molecule has 0 spiro atoms. The molecule has 32 heavy (non-hydrogen) atoms. The second kappa shape index (κ2) is 8.20. The molecule has 2 aliphatic heterocycles. The van der Waals surface area contributed by atoms with E-state index >= 15 is 0 Å². The first-order valence-electron chi connectivity index (χ1n) is 10.2. The Kier molecular flexibility index (Phi) is 5.23. The molecule has 0 N–H and O–H groups in total. The van der Waals surface area contributed by atoms with Crippen molar-refractivity contribution in [2.75, 3.05) is 14.2 Å². The van der Waals surface area contributed by atoms with E-state index in [0.29, 0.717) is 10.6 Å². The van der Waals surface area contributed by atoms with Crippen LogP contribution in [-0.4, -0.2) is 30.9 Å². The summed E-state index contributed by atoms with van der Waals surface area (Å²) in [5.74, 6) is 1.21. The van der Waals surface area contributed by atoms with Crippen molar-refractivity contribution >= 4 is 23.3 Å². The minimum atomic E-state index is -0.434. The Balaban J connectivity index is 1.54. The van der Waals surface area contributed by atoms with Gasteiger partial charge in [0, 0.05) is 22.6 Å². The molecule has 2 aliphatic rings. The molecule has 0 radical (unpaired) electrons. The van der Waals surface area contributed by atoms with E-state index in [0.717, 1.165) is 40.3 Å². The molecule has 2 atom stereocenters. The second-order valence-corrected chi connectivity index (χ2v) is 8.08. The third-order valence-corrected chi connectivity index (χ3v) is 6.03. The number of ether oxygens (including phenoxy) is 3. The summed E-state index contributed by atoms with van der Waals surface area (Å²) in [5, 5.41) is 7.58. The fourth-order valence-corrected chi connectivity index (χ4v) is 4.32. The number of nitrogens with zero attached hydrogens (tertiary/aromatic N) is 2. The quantitative estimate of drug-likeness (QED) is 0.501. The number of methoxy groups -OCH3 is 2. The topological polar surface area (TPSA) is 60.4 Å². The van der Waals surface area contributed by atoms with E-state index in [4.69, 9.17) is 30.9 Å². The second-order valence-electron chi connectivity index (χ2n) is 7.64. The summed E-state index contributed by atoms with van der Waals surface area (Å²) in [4.78, 5) is 11.8. The summed E-state index contributed by atoms with van der Waals surface area (Å²) in [6.07, 6.45) is 0.288. The van der Waals surface area contributed by atoms with E-state index in [1.807, 2.05) is 59.6 Å². The van der Waals surface area contributed by atoms with E-state index in [2.05, 4.69) is 0 Å². The van der Waals surface area contributed by atoms with Gasteiger partial charge in [-0.3, -0.25) is 0 Å². The van der Waals surface area contributed by atoms with Gasteiger partial charge in [-0.15, -0.1) is 0 Å². The number of rotatable bonds is 4. The molecular weight excluding hydrogens is 428 g/mol. The molecule has 0 bridgehead atoms. The lowest BCUT2D eigenvalue weighted by Gasteiger charge is -2.38. The van der Waals surface area contributed by atoms with Gasteiger partial charge < -0.3 is 14.2 Å². The van der Waals surface area contributed by atoms with Crippen LogP contribution < -0.4 is 9.47 Å². The predicted octanol–water partition coefficient (Wildman–Crippen LogP) is 5.38. The van der Waals surface area contributed by atoms with Crippen LogP contribution in [0.2, 0.25) is 5.02 Å². The average molecular weight is 449 g/mol. The van der Waals surface area contributed by atoms with E-state index in [9.17, 15) is 4.79 Å². The zero-order valence-corrected chi connectivity index (χ0v) is 18.4. The third-order valence-electron chi connectivity index (χ3n) is 5.79. The van der Waals surface area contributed by atoms with E-state index in [-0.39, 0.29) is 12.0 Å². The first-order valence-corrected chi connectivity index (χ1v) is 10.6. The van der Waals surface area contributed by atoms with Crippen LogP contribution in [0, 0.1) is 0 Å². The molecule has 0 aliphatic carbocycles. The summed E-state index contributed by atoms with van der Waals surface area (Å²) in [6, 6.07) is 20.8. The largest absolute Gasteiger partial charge is 0.497 e. The zero-order chi connectivity index (χ0) is 22.2. The minimum absolute atomic E-state index is 0.0140. The zero-order valence-electron chi connectivity index (χ0n) is 17.6. The number of esters is 1. The molecule has 7 heteroatoms. The van der Waals surface area contributed by atoms with Crippen LogP contribution in [0.1, 0.15) is 45.7 Å². The van der Waals surface area contributed by atoms with E-state index in [1.54, 1.807) is 19.2 Å². The predicted molar refractivity (Wildman–Crippen MR) is 121 cm³/mol. The van der Waals surface area contributed by atoms with Crippen molar-refractivity contribution < 1.29 is 19.0 Å². The summed E-state index contributed by atoms with van der Waals surface area (Å²) < 4.78 is 16.4. The number of hydrogen-bond acceptors (Lipinski definition) is 6. The van der Waals surface area contributed by atoms with Crippen molar-refractivity contribution in [3.05, 3.63) is 94.0 Å². The highest BCUT2D eigenvalue weighted by Crippen LogP contribution is 2.48. The standard InChI is InChI=1S/C25H21ClN2O4/c1-30-19-10-7-15(8-11-19)21-14-22-20-13-18(26)9-12-23(20)32-24(28(22)27-21)16-3-5-17(6-4-16)25(29)31-2/h3-13,22,24H,14H2,1-2H3/t22-,24+/m0/s1. The molecular formula is C25H21ClN2O4. The van der Waals surface area contributed by atoms with Gasteiger partial charge in [-0.25, -0.2) is 9.80 Å². The number of hydrazone groups is 1. The average Bonchev–Trinajstić information content (AvgIpc) is 3.29. The van der Waals surface area contributed by atoms with Gasteiger partial charge in [-0.2, -0.15) is 5.10 Å². The number of halogens is 1. The summed E-state index contributed by atoms with van der Waals surface area (Å²) in [6.45, 7) is 0. The van der Waals surface area contributed by atoms with Gasteiger partial charge in [-0.1, -0.05) is 23.7 Å². The molecule has 0 unspecified atom stereocenters. The van der Waals surface area contributed by atoms with Gasteiger partial charge in [0.2, 0.25) is 6.23 Å². The Morgan fingerprint density at radius 3 is 2.50 bits per heavy atom. The van der Waals surface area contributed by atoms with Crippen LogP contribution in [0.4, 0.5) is 0 Å². The summed E-state index contributed by atoms with van der Waals surface area (Å²) in [7, 11) is 3.02. The molecule has 162 valence electrons. The van der Waals surface area contributed by atoms with Gasteiger partial charge in [-0.05, 0) is 60.2 Å². The van der Waals surface area contributed by atoms with Gasteiger partial charge in [0.1, 0.15) is 11.5 Å². The maximum atomic E-state index is 11.8. The molecule has 0 fully saturated rings. The van der Waals surface area contributed by atoms with Crippen molar-refractivity contribution in [1.82, 2.24) is 5.01 Å². The van der Waals surface area contributed by atoms with Crippen LogP contribution in [0.25, 0.3) is 0 Å². The number of hydrogen-bond donors (Lipinski definition) is 0. The van der Waals surface area contributed by atoms with Crippen molar-refractivity contribution in [2.24, 2.45) is 5.10 Å². The molecule has 2 heterocycles. The first-order chi connectivity index (χ1) is 15.6. The number of fused-ring (bicyclic) bond motifs is 3. The highest BCUT2D eigenvalue weighted by molar-refractivity contribution is 6.30. The lowest BCUT2D eigenvalue weighted by Crippen LogP contribution is -2.33. The Labute approximate surface area is 191 Å². The van der Waals surface area contributed by atoms with Crippen LogP contribution in [-0.2, 0) is 4.74 Å². The molecule has 3 aromatic rings. The SMILES string of the molecule is COC(=O)c1ccc([C@H]2Oc3ccc(Cl)cc3[C@@H]3CC(c4ccc(OC)cc4)=NN23)cc1. The van der Waals surface area contributed by atoms with Crippen LogP contribution in [0.5, 0.6) is 11.5 Å². The van der Waals surface area contributed by atoms with Gasteiger partial charge in [0.25, 0.3) is 0 Å². The van der Waals surface area contributed by atoms with E-state index < -0.39 is 6.23 Å². The maximum Gasteiger partial charge on any atom is 0.337 e. The van der Waals surface area contributed by atoms with E-state index in [1.165, 1.54) is 7.11 Å². The van der Waals surface area contributed by atoms with Crippen molar-refractivity contribution in [1.29, 1.82) is 0 Å². The molecule has 0 saturated carbocycles. The fraction of sp³-hybridized carbons (Fsp3) is 0.200. The number of carbonyl (C=O) groups excluding carboxylic acids is 1. The molecule has 0 amide bonds. The highest BCUT2D eigenvalue weighted by atomic mass is 35.5. The fourth-order valence-electron chi connectivity index (χ4n) is 4.14. The van der Waals surface area contributed by atoms with Gasteiger partial charge >= 0.3 is 5.97 Å².